The fourth-order valence-corrected chi connectivity index (χ4v) is 1.66. The third-order valence-corrected chi connectivity index (χ3v) is 2.70. The van der Waals surface area contributed by atoms with Crippen molar-refractivity contribution < 1.29 is 9.53 Å². The van der Waals surface area contributed by atoms with Crippen LogP contribution in [0.2, 0.25) is 0 Å². The molecule has 0 radical (unpaired) electrons. The fourth-order valence-electron chi connectivity index (χ4n) is 1.66. The van der Waals surface area contributed by atoms with Crippen LogP contribution in [0.1, 0.15) is 12.5 Å². The molecule has 0 aliphatic rings. The van der Waals surface area contributed by atoms with E-state index < -0.39 is 6.10 Å². The first-order valence-corrected chi connectivity index (χ1v) is 5.75. The van der Waals surface area contributed by atoms with Crippen molar-refractivity contribution in [3.8, 4) is 0 Å². The van der Waals surface area contributed by atoms with Crippen molar-refractivity contribution in [2.24, 2.45) is 5.73 Å². The maximum atomic E-state index is 12.1. The summed E-state index contributed by atoms with van der Waals surface area (Å²) in [7, 11) is 1.50. The molecule has 1 atom stereocenters. The topological polar surface area (TPSA) is 55.6 Å². The number of anilines is 1. The summed E-state index contributed by atoms with van der Waals surface area (Å²) < 4.78 is 5.07. The van der Waals surface area contributed by atoms with Gasteiger partial charge in [-0.05, 0) is 26.0 Å². The number of nitrogens with zero attached hydrogens (tertiary/aromatic N) is 1. The van der Waals surface area contributed by atoms with Crippen LogP contribution in [0.5, 0.6) is 0 Å². The molecule has 0 aliphatic heterocycles. The third kappa shape index (κ3) is 3.28. The lowest BCUT2D eigenvalue weighted by Gasteiger charge is -2.25. The van der Waals surface area contributed by atoms with E-state index in [2.05, 4.69) is 0 Å². The Morgan fingerprint density at radius 1 is 1.41 bits per heavy atom. The van der Waals surface area contributed by atoms with Crippen LogP contribution >= 0.6 is 0 Å². The van der Waals surface area contributed by atoms with Gasteiger partial charge in [0.05, 0.1) is 0 Å². The third-order valence-electron chi connectivity index (χ3n) is 2.70. The van der Waals surface area contributed by atoms with Gasteiger partial charge in [-0.15, -0.1) is 0 Å². The first-order valence-electron chi connectivity index (χ1n) is 5.75. The first kappa shape index (κ1) is 13.7. The summed E-state index contributed by atoms with van der Waals surface area (Å²) in [6.07, 6.45) is -0.573. The predicted octanol–water partition coefficient (Wildman–Crippen LogP) is 1.32. The minimum Gasteiger partial charge on any atom is -0.370 e. The Morgan fingerprint density at radius 3 is 2.41 bits per heavy atom. The number of hydrogen-bond acceptors (Lipinski definition) is 3. The number of benzene rings is 1. The van der Waals surface area contributed by atoms with E-state index in [0.717, 1.165) is 5.69 Å². The van der Waals surface area contributed by atoms with E-state index in [4.69, 9.17) is 10.5 Å². The van der Waals surface area contributed by atoms with Crippen molar-refractivity contribution in [3.05, 3.63) is 29.8 Å². The van der Waals surface area contributed by atoms with Gasteiger partial charge in [-0.25, -0.2) is 0 Å². The number of likely N-dealkylation sites (N-methyl/N-ethyl adjacent to an activating group) is 1. The molecule has 0 fully saturated rings. The van der Waals surface area contributed by atoms with Gasteiger partial charge < -0.3 is 15.4 Å². The number of nitrogens with two attached hydrogens (primary N) is 1. The molecule has 2 N–H and O–H groups in total. The smallest absolute Gasteiger partial charge is 0.257 e. The second-order valence-corrected chi connectivity index (χ2v) is 3.88. The van der Waals surface area contributed by atoms with Gasteiger partial charge in [0.25, 0.3) is 5.91 Å². The largest absolute Gasteiger partial charge is 0.370 e. The van der Waals surface area contributed by atoms with Gasteiger partial charge in [-0.1, -0.05) is 17.7 Å². The van der Waals surface area contributed by atoms with Crippen molar-refractivity contribution in [1.82, 2.24) is 0 Å². The van der Waals surface area contributed by atoms with Crippen molar-refractivity contribution in [3.63, 3.8) is 0 Å². The molecule has 0 bridgehead atoms. The maximum Gasteiger partial charge on any atom is 0.257 e. The Kier molecular flexibility index (Phi) is 5.12. The monoisotopic (exact) mass is 236 g/mol. The Bertz CT molecular complexity index is 358. The minimum atomic E-state index is -0.573. The Hall–Kier alpha value is -1.39. The quantitative estimate of drug-likeness (QED) is 0.839. The molecule has 0 heterocycles. The van der Waals surface area contributed by atoms with E-state index in [1.165, 1.54) is 12.7 Å². The minimum absolute atomic E-state index is 0.0960. The number of carbonyl (C=O) groups excluding carboxylic acids is 1. The number of methoxy groups -OCH3 is 1. The summed E-state index contributed by atoms with van der Waals surface area (Å²) in [6.45, 7) is 4.74. The summed E-state index contributed by atoms with van der Waals surface area (Å²) in [5.74, 6) is -0.0960. The average Bonchev–Trinajstić information content (AvgIpc) is 2.34. The number of rotatable bonds is 5. The molecular weight excluding hydrogens is 216 g/mol. The van der Waals surface area contributed by atoms with Crippen molar-refractivity contribution in [2.75, 3.05) is 25.1 Å². The molecule has 1 amide bonds. The number of ether oxygens (including phenoxy) is 1. The van der Waals surface area contributed by atoms with Gasteiger partial charge >= 0.3 is 0 Å². The van der Waals surface area contributed by atoms with Gasteiger partial charge in [-0.2, -0.15) is 0 Å². The molecule has 4 heteroatoms. The summed E-state index contributed by atoms with van der Waals surface area (Å²) in [4.78, 5) is 13.8. The summed E-state index contributed by atoms with van der Waals surface area (Å²) in [5.41, 5.74) is 7.55. The van der Waals surface area contributed by atoms with Crippen LogP contribution in [0.3, 0.4) is 0 Å². The van der Waals surface area contributed by atoms with Gasteiger partial charge in [-0.3, -0.25) is 4.79 Å². The standard InChI is InChI=1S/C13H20N2O2/c1-4-15(13(16)12(9-14)17-3)11-7-5-10(2)6-8-11/h5-8,12H,4,9,14H2,1-3H3. The van der Waals surface area contributed by atoms with Gasteiger partial charge in [0.2, 0.25) is 0 Å². The lowest BCUT2D eigenvalue weighted by molar-refractivity contribution is -0.127. The van der Waals surface area contributed by atoms with Crippen LogP contribution < -0.4 is 10.6 Å². The molecule has 94 valence electrons. The number of aryl methyl sites for hydroxylation is 1. The summed E-state index contributed by atoms with van der Waals surface area (Å²) in [6, 6.07) is 7.82. The summed E-state index contributed by atoms with van der Waals surface area (Å²) in [5, 5.41) is 0. The average molecular weight is 236 g/mol. The molecule has 1 aromatic carbocycles. The normalized spacial score (nSPS) is 12.2. The lowest BCUT2D eigenvalue weighted by atomic mass is 10.2. The van der Waals surface area contributed by atoms with Crippen LogP contribution in [0.15, 0.2) is 24.3 Å². The van der Waals surface area contributed by atoms with E-state index in [9.17, 15) is 4.79 Å². The van der Waals surface area contributed by atoms with Gasteiger partial charge in [0.15, 0.2) is 0 Å². The van der Waals surface area contributed by atoms with E-state index in [-0.39, 0.29) is 12.5 Å². The molecule has 17 heavy (non-hydrogen) atoms. The predicted molar refractivity (Wildman–Crippen MR) is 69.1 cm³/mol. The molecule has 0 saturated carbocycles. The lowest BCUT2D eigenvalue weighted by Crippen LogP contribution is -2.43. The first-order chi connectivity index (χ1) is 8.13. The van der Waals surface area contributed by atoms with Crippen molar-refractivity contribution >= 4 is 11.6 Å². The Labute approximate surface area is 102 Å². The van der Waals surface area contributed by atoms with E-state index in [1.54, 1.807) is 4.90 Å². The van der Waals surface area contributed by atoms with Crippen LogP contribution in [-0.2, 0) is 9.53 Å². The number of hydrogen-bond donors (Lipinski definition) is 1. The molecule has 4 nitrogen and oxygen atoms in total. The second-order valence-electron chi connectivity index (χ2n) is 3.88. The zero-order valence-corrected chi connectivity index (χ0v) is 10.6. The highest BCUT2D eigenvalue weighted by molar-refractivity contribution is 5.96. The second kappa shape index (κ2) is 6.37. The van der Waals surface area contributed by atoms with Gasteiger partial charge in [0, 0.05) is 25.9 Å². The molecule has 1 aromatic rings. The Morgan fingerprint density at radius 2 is 2.00 bits per heavy atom. The number of carbonyl (C=O) groups is 1. The molecule has 0 aromatic heterocycles. The SMILES string of the molecule is CCN(C(=O)C(CN)OC)c1ccc(C)cc1. The van der Waals surface area contributed by atoms with Crippen molar-refractivity contribution in [1.29, 1.82) is 0 Å². The molecule has 0 saturated heterocycles. The summed E-state index contributed by atoms with van der Waals surface area (Å²) >= 11 is 0. The highest BCUT2D eigenvalue weighted by Crippen LogP contribution is 2.16. The zero-order valence-electron chi connectivity index (χ0n) is 10.6. The molecular formula is C13H20N2O2. The Balaban J connectivity index is 2.91. The molecule has 1 rings (SSSR count). The van der Waals surface area contributed by atoms with E-state index in [1.807, 2.05) is 38.1 Å². The maximum absolute atomic E-state index is 12.1. The molecule has 1 unspecified atom stereocenters. The van der Waals surface area contributed by atoms with Gasteiger partial charge in [0.1, 0.15) is 6.10 Å². The molecule has 0 spiro atoms. The van der Waals surface area contributed by atoms with Crippen LogP contribution in [0.4, 0.5) is 5.69 Å². The highest BCUT2D eigenvalue weighted by atomic mass is 16.5. The van der Waals surface area contributed by atoms with Crippen LogP contribution in [0.25, 0.3) is 0 Å². The van der Waals surface area contributed by atoms with E-state index >= 15 is 0 Å². The highest BCUT2D eigenvalue weighted by Gasteiger charge is 2.22. The number of amides is 1. The fraction of sp³-hybridized carbons (Fsp3) is 0.462. The van der Waals surface area contributed by atoms with Crippen LogP contribution in [0, 0.1) is 6.92 Å². The van der Waals surface area contributed by atoms with Crippen molar-refractivity contribution in [2.45, 2.75) is 20.0 Å². The van der Waals surface area contributed by atoms with Crippen LogP contribution in [-0.4, -0.2) is 32.2 Å². The zero-order chi connectivity index (χ0) is 12.8. The molecule has 0 aliphatic carbocycles. The van der Waals surface area contributed by atoms with E-state index in [0.29, 0.717) is 6.54 Å².